The smallest absolute Gasteiger partial charge is 0.257 e. The fourth-order valence-electron chi connectivity index (χ4n) is 1.44. The number of hydrazine groups is 1. The topological polar surface area (TPSA) is 74.4 Å². The Kier molecular flexibility index (Phi) is 6.58. The first-order chi connectivity index (χ1) is 9.52. The molecule has 0 fully saturated rings. The molecular weight excluding hydrogens is 276 g/mol. The summed E-state index contributed by atoms with van der Waals surface area (Å²) < 4.78 is 5.18. The number of para-hydroxylation sites is 2. The van der Waals surface area contributed by atoms with Gasteiger partial charge in [-0.15, -0.1) is 0 Å². The average Bonchev–Trinajstić information content (AvgIpc) is 2.42. The van der Waals surface area contributed by atoms with Crippen LogP contribution in [0, 0.1) is 0 Å². The van der Waals surface area contributed by atoms with Crippen LogP contribution in [0.4, 0.5) is 5.69 Å². The minimum absolute atomic E-state index is 0.109. The van der Waals surface area contributed by atoms with Crippen molar-refractivity contribution in [1.29, 1.82) is 0 Å². The Bertz CT molecular complexity index is 465. The summed E-state index contributed by atoms with van der Waals surface area (Å²) in [6.07, 6.45) is 0. The standard InChI is InChI=1S/C13H20N4O2S/c1-9(2)15-13(20)17-16-12(18)8-14-10-6-4-5-7-11(10)19-3/h4-7,9,14H,8H2,1-3H3,(H,16,18)(H2,15,17,20). The molecule has 4 N–H and O–H groups in total. The molecular formula is C13H20N4O2S. The van der Waals surface area contributed by atoms with E-state index in [4.69, 9.17) is 17.0 Å². The monoisotopic (exact) mass is 296 g/mol. The van der Waals surface area contributed by atoms with Crippen molar-refractivity contribution in [3.63, 3.8) is 0 Å². The molecule has 0 aliphatic rings. The summed E-state index contributed by atoms with van der Waals surface area (Å²) in [6.45, 7) is 4.02. The molecule has 20 heavy (non-hydrogen) atoms. The molecule has 1 aromatic carbocycles. The zero-order chi connectivity index (χ0) is 15.0. The third-order valence-corrected chi connectivity index (χ3v) is 2.50. The second-order valence-corrected chi connectivity index (χ2v) is 4.76. The van der Waals surface area contributed by atoms with Crippen molar-refractivity contribution in [3.05, 3.63) is 24.3 Å². The summed E-state index contributed by atoms with van der Waals surface area (Å²) in [5, 5.41) is 6.32. The van der Waals surface area contributed by atoms with Crippen molar-refractivity contribution in [2.45, 2.75) is 19.9 Å². The predicted octanol–water partition coefficient (Wildman–Crippen LogP) is 1.01. The normalized spacial score (nSPS) is 9.80. The minimum Gasteiger partial charge on any atom is -0.495 e. The van der Waals surface area contributed by atoms with E-state index in [1.165, 1.54) is 0 Å². The van der Waals surface area contributed by atoms with Gasteiger partial charge < -0.3 is 15.4 Å². The van der Waals surface area contributed by atoms with E-state index in [9.17, 15) is 4.79 Å². The molecule has 1 rings (SSSR count). The zero-order valence-corrected chi connectivity index (χ0v) is 12.6. The van der Waals surface area contributed by atoms with E-state index >= 15 is 0 Å². The molecule has 1 amide bonds. The maximum absolute atomic E-state index is 11.6. The molecule has 0 saturated heterocycles. The lowest BCUT2D eigenvalue weighted by atomic mass is 10.3. The number of thiocarbonyl (C=S) groups is 1. The molecule has 1 aromatic rings. The van der Waals surface area contributed by atoms with Crippen LogP contribution in [0.25, 0.3) is 0 Å². The van der Waals surface area contributed by atoms with E-state index in [0.717, 1.165) is 5.69 Å². The Morgan fingerprint density at radius 2 is 2.00 bits per heavy atom. The van der Waals surface area contributed by atoms with Crippen LogP contribution in [-0.4, -0.2) is 30.7 Å². The molecule has 0 aliphatic carbocycles. The quantitative estimate of drug-likeness (QED) is 0.480. The van der Waals surface area contributed by atoms with E-state index in [1.807, 2.05) is 38.1 Å². The number of nitrogens with one attached hydrogen (secondary N) is 4. The van der Waals surface area contributed by atoms with Crippen LogP contribution in [0.3, 0.4) is 0 Å². The van der Waals surface area contributed by atoms with Gasteiger partial charge in [0.15, 0.2) is 5.11 Å². The number of hydrogen-bond donors (Lipinski definition) is 4. The van der Waals surface area contributed by atoms with Crippen molar-refractivity contribution < 1.29 is 9.53 Å². The van der Waals surface area contributed by atoms with Crippen LogP contribution >= 0.6 is 12.2 Å². The van der Waals surface area contributed by atoms with Gasteiger partial charge in [-0.25, -0.2) is 0 Å². The van der Waals surface area contributed by atoms with Gasteiger partial charge in [0.1, 0.15) is 5.75 Å². The lowest BCUT2D eigenvalue weighted by molar-refractivity contribution is -0.119. The van der Waals surface area contributed by atoms with E-state index in [-0.39, 0.29) is 18.5 Å². The van der Waals surface area contributed by atoms with Crippen molar-refractivity contribution >= 4 is 28.9 Å². The van der Waals surface area contributed by atoms with Crippen LogP contribution in [0.15, 0.2) is 24.3 Å². The Morgan fingerprint density at radius 1 is 1.30 bits per heavy atom. The summed E-state index contributed by atoms with van der Waals surface area (Å²) >= 11 is 4.99. The van der Waals surface area contributed by atoms with E-state index in [2.05, 4.69) is 21.5 Å². The maximum Gasteiger partial charge on any atom is 0.257 e. The minimum atomic E-state index is -0.233. The number of methoxy groups -OCH3 is 1. The number of carbonyl (C=O) groups is 1. The van der Waals surface area contributed by atoms with Gasteiger partial charge in [0.25, 0.3) is 5.91 Å². The molecule has 6 nitrogen and oxygen atoms in total. The predicted molar refractivity (Wildman–Crippen MR) is 83.6 cm³/mol. The summed E-state index contributed by atoms with van der Waals surface area (Å²) in [7, 11) is 1.58. The van der Waals surface area contributed by atoms with Gasteiger partial charge in [0.05, 0.1) is 19.3 Å². The van der Waals surface area contributed by atoms with Crippen LogP contribution in [0.2, 0.25) is 0 Å². The van der Waals surface area contributed by atoms with Crippen molar-refractivity contribution in [2.75, 3.05) is 19.0 Å². The summed E-state index contributed by atoms with van der Waals surface area (Å²) in [4.78, 5) is 11.6. The van der Waals surface area contributed by atoms with Gasteiger partial charge in [-0.1, -0.05) is 12.1 Å². The molecule has 0 spiro atoms. The highest BCUT2D eigenvalue weighted by Crippen LogP contribution is 2.22. The van der Waals surface area contributed by atoms with Gasteiger partial charge in [-0.05, 0) is 38.2 Å². The lowest BCUT2D eigenvalue weighted by Gasteiger charge is -2.14. The Balaban J connectivity index is 2.35. The van der Waals surface area contributed by atoms with E-state index in [0.29, 0.717) is 10.9 Å². The second kappa shape index (κ2) is 8.21. The maximum atomic E-state index is 11.6. The van der Waals surface area contributed by atoms with Gasteiger partial charge in [-0.3, -0.25) is 15.6 Å². The third-order valence-electron chi connectivity index (χ3n) is 2.28. The van der Waals surface area contributed by atoms with Gasteiger partial charge in [0.2, 0.25) is 0 Å². The van der Waals surface area contributed by atoms with Crippen molar-refractivity contribution in [3.8, 4) is 5.75 Å². The highest BCUT2D eigenvalue weighted by molar-refractivity contribution is 7.80. The number of anilines is 1. The molecule has 0 aliphatic heterocycles. The van der Waals surface area contributed by atoms with Crippen LogP contribution < -0.4 is 26.2 Å². The number of rotatable bonds is 5. The Hall–Kier alpha value is -2.02. The highest BCUT2D eigenvalue weighted by atomic mass is 32.1. The zero-order valence-electron chi connectivity index (χ0n) is 11.8. The SMILES string of the molecule is COc1ccccc1NCC(=O)NNC(=S)NC(C)C. The molecule has 0 bridgehead atoms. The van der Waals surface area contributed by atoms with Crippen molar-refractivity contribution in [2.24, 2.45) is 0 Å². The van der Waals surface area contributed by atoms with Gasteiger partial charge >= 0.3 is 0 Å². The molecule has 0 radical (unpaired) electrons. The lowest BCUT2D eigenvalue weighted by Crippen LogP contribution is -2.49. The summed E-state index contributed by atoms with van der Waals surface area (Å²) in [6, 6.07) is 7.59. The molecule has 0 aromatic heterocycles. The highest BCUT2D eigenvalue weighted by Gasteiger charge is 2.05. The summed E-state index contributed by atoms with van der Waals surface area (Å²) in [5.74, 6) is 0.453. The number of amides is 1. The van der Waals surface area contributed by atoms with Crippen LogP contribution in [0.5, 0.6) is 5.75 Å². The fraction of sp³-hybridized carbons (Fsp3) is 0.385. The first-order valence-corrected chi connectivity index (χ1v) is 6.66. The van der Waals surface area contributed by atoms with Crippen molar-refractivity contribution in [1.82, 2.24) is 16.2 Å². The largest absolute Gasteiger partial charge is 0.495 e. The first-order valence-electron chi connectivity index (χ1n) is 6.25. The molecule has 7 heteroatoms. The van der Waals surface area contributed by atoms with Crippen LogP contribution in [0.1, 0.15) is 13.8 Å². The second-order valence-electron chi connectivity index (χ2n) is 4.36. The van der Waals surface area contributed by atoms with E-state index < -0.39 is 0 Å². The Labute approximate surface area is 124 Å². The van der Waals surface area contributed by atoms with Crippen LogP contribution in [-0.2, 0) is 4.79 Å². The first kappa shape index (κ1) is 16.0. The Morgan fingerprint density at radius 3 is 2.65 bits per heavy atom. The number of benzene rings is 1. The van der Waals surface area contributed by atoms with E-state index in [1.54, 1.807) is 7.11 Å². The third kappa shape index (κ3) is 5.75. The molecule has 0 unspecified atom stereocenters. The summed E-state index contributed by atoms with van der Waals surface area (Å²) in [5.41, 5.74) is 5.89. The van der Waals surface area contributed by atoms with Gasteiger partial charge in [-0.2, -0.15) is 0 Å². The number of carbonyl (C=O) groups excluding carboxylic acids is 1. The molecule has 110 valence electrons. The average molecular weight is 296 g/mol. The molecule has 0 saturated carbocycles. The molecule has 0 atom stereocenters. The molecule has 0 heterocycles. The number of ether oxygens (including phenoxy) is 1. The van der Waals surface area contributed by atoms with Gasteiger partial charge in [0, 0.05) is 6.04 Å². The fourth-order valence-corrected chi connectivity index (χ4v) is 1.72. The number of hydrogen-bond acceptors (Lipinski definition) is 4.